The van der Waals surface area contributed by atoms with Crippen molar-refractivity contribution in [3.63, 3.8) is 0 Å². The van der Waals surface area contributed by atoms with Crippen molar-refractivity contribution >= 4 is 34.2 Å². The molecule has 3 rings (SSSR count). The fourth-order valence-electron chi connectivity index (χ4n) is 2.87. The molecule has 0 saturated carbocycles. The van der Waals surface area contributed by atoms with Crippen LogP contribution in [0.15, 0.2) is 42.5 Å². The highest BCUT2D eigenvalue weighted by Crippen LogP contribution is 2.29. The van der Waals surface area contributed by atoms with Gasteiger partial charge < -0.3 is 19.5 Å². The van der Waals surface area contributed by atoms with Crippen LogP contribution in [-0.4, -0.2) is 42.6 Å². The first kappa shape index (κ1) is 21.5. The van der Waals surface area contributed by atoms with Gasteiger partial charge in [-0.15, -0.1) is 0 Å². The monoisotopic (exact) mass is 425 g/mol. The van der Waals surface area contributed by atoms with Gasteiger partial charge in [0, 0.05) is 11.5 Å². The Morgan fingerprint density at radius 2 is 1.74 bits per heavy atom. The van der Waals surface area contributed by atoms with Crippen LogP contribution in [0.3, 0.4) is 0 Å². The maximum absolute atomic E-state index is 12.5. The number of methoxy groups -OCH3 is 2. The first-order valence-corrected chi connectivity index (χ1v) is 9.07. The molecule has 1 N–H and O–H groups in total. The number of amides is 1. The number of fused-ring (bicyclic) bond motifs is 1. The van der Waals surface area contributed by atoms with Crippen molar-refractivity contribution in [1.29, 1.82) is 0 Å². The van der Waals surface area contributed by atoms with Crippen LogP contribution in [0, 0.1) is 17.0 Å². The Morgan fingerprint density at radius 3 is 2.42 bits per heavy atom. The fraction of sp³-hybridized carbons (Fsp3) is 0.190. The van der Waals surface area contributed by atoms with Gasteiger partial charge in [-0.05, 0) is 37.3 Å². The molecular formula is C21H19N3O7. The van der Waals surface area contributed by atoms with Gasteiger partial charge in [0.2, 0.25) is 0 Å². The third-order valence-corrected chi connectivity index (χ3v) is 4.45. The number of carbonyl (C=O) groups excluding carboxylic acids is 2. The predicted octanol–water partition coefficient (Wildman–Crippen LogP) is 3.26. The summed E-state index contributed by atoms with van der Waals surface area (Å²) in [7, 11) is 2.92. The van der Waals surface area contributed by atoms with E-state index in [9.17, 15) is 19.7 Å². The molecule has 1 aromatic heterocycles. The van der Waals surface area contributed by atoms with E-state index in [1.807, 2.05) is 0 Å². The van der Waals surface area contributed by atoms with Crippen LogP contribution in [0.4, 0.5) is 11.4 Å². The van der Waals surface area contributed by atoms with Gasteiger partial charge in [0.05, 0.1) is 42.0 Å². The summed E-state index contributed by atoms with van der Waals surface area (Å²) in [5, 5.41) is 14.3. The number of hydrogen-bond acceptors (Lipinski definition) is 8. The molecule has 0 atom stereocenters. The number of benzene rings is 2. The van der Waals surface area contributed by atoms with Crippen LogP contribution in [0.1, 0.15) is 16.1 Å². The molecule has 0 radical (unpaired) electrons. The van der Waals surface area contributed by atoms with Crippen molar-refractivity contribution in [2.24, 2.45) is 0 Å². The van der Waals surface area contributed by atoms with E-state index in [1.165, 1.54) is 25.3 Å². The third-order valence-electron chi connectivity index (χ3n) is 4.45. The number of esters is 1. The number of aryl methyl sites for hydroxylation is 1. The summed E-state index contributed by atoms with van der Waals surface area (Å²) in [5.74, 6) is -0.549. The summed E-state index contributed by atoms with van der Waals surface area (Å²) >= 11 is 0. The van der Waals surface area contributed by atoms with Crippen molar-refractivity contribution in [2.75, 3.05) is 26.1 Å². The zero-order chi connectivity index (χ0) is 22.5. The maximum atomic E-state index is 12.5. The molecule has 0 spiro atoms. The summed E-state index contributed by atoms with van der Waals surface area (Å²) < 4.78 is 15.2. The van der Waals surface area contributed by atoms with Gasteiger partial charge in [-0.25, -0.2) is 4.79 Å². The second-order valence-electron chi connectivity index (χ2n) is 6.44. The van der Waals surface area contributed by atoms with Gasteiger partial charge in [-0.2, -0.15) is 0 Å². The van der Waals surface area contributed by atoms with E-state index >= 15 is 0 Å². The highest BCUT2D eigenvalue weighted by atomic mass is 16.6. The van der Waals surface area contributed by atoms with Gasteiger partial charge in [-0.1, -0.05) is 0 Å². The molecule has 0 aliphatic heterocycles. The average Bonchev–Trinajstić information content (AvgIpc) is 2.76. The number of nitrogens with one attached hydrogen (secondary N) is 1. The van der Waals surface area contributed by atoms with E-state index in [0.717, 1.165) is 0 Å². The predicted molar refractivity (Wildman–Crippen MR) is 112 cm³/mol. The smallest absolute Gasteiger partial charge is 0.340 e. The van der Waals surface area contributed by atoms with E-state index < -0.39 is 23.4 Å². The largest absolute Gasteiger partial charge is 0.497 e. The van der Waals surface area contributed by atoms with Crippen molar-refractivity contribution < 1.29 is 28.7 Å². The highest BCUT2D eigenvalue weighted by molar-refractivity contribution is 5.98. The van der Waals surface area contributed by atoms with E-state index in [1.54, 1.807) is 38.3 Å². The van der Waals surface area contributed by atoms with Gasteiger partial charge in [0.1, 0.15) is 17.2 Å². The summed E-state index contributed by atoms with van der Waals surface area (Å²) in [6.45, 7) is 1.03. The van der Waals surface area contributed by atoms with E-state index in [4.69, 9.17) is 14.2 Å². The number of nitrogens with zero attached hydrogens (tertiary/aromatic N) is 2. The normalized spacial score (nSPS) is 10.4. The minimum Gasteiger partial charge on any atom is -0.497 e. The lowest BCUT2D eigenvalue weighted by Crippen LogP contribution is -2.22. The topological polar surface area (TPSA) is 130 Å². The van der Waals surface area contributed by atoms with Gasteiger partial charge in [0.25, 0.3) is 11.6 Å². The minimum absolute atomic E-state index is 0.0376. The molecule has 10 nitrogen and oxygen atoms in total. The lowest BCUT2D eigenvalue weighted by Gasteiger charge is -2.10. The van der Waals surface area contributed by atoms with Crippen LogP contribution in [0.2, 0.25) is 0 Å². The first-order chi connectivity index (χ1) is 14.8. The number of nitro benzene ring substituents is 1. The molecule has 0 fully saturated rings. The Bertz CT molecular complexity index is 1180. The van der Waals surface area contributed by atoms with Crippen LogP contribution in [-0.2, 0) is 9.53 Å². The van der Waals surface area contributed by atoms with Crippen LogP contribution >= 0.6 is 0 Å². The molecule has 31 heavy (non-hydrogen) atoms. The van der Waals surface area contributed by atoms with E-state index in [-0.39, 0.29) is 22.7 Å². The van der Waals surface area contributed by atoms with Crippen molar-refractivity contribution in [3.05, 3.63) is 63.8 Å². The number of ether oxygens (including phenoxy) is 3. The summed E-state index contributed by atoms with van der Waals surface area (Å²) in [6.07, 6.45) is 0. The summed E-state index contributed by atoms with van der Waals surface area (Å²) in [5.41, 5.74) is 0.907. The molecule has 0 aliphatic carbocycles. The lowest BCUT2D eigenvalue weighted by molar-refractivity contribution is -0.384. The van der Waals surface area contributed by atoms with Gasteiger partial charge in [0.15, 0.2) is 6.61 Å². The number of anilines is 1. The molecule has 160 valence electrons. The number of carbonyl (C=O) groups is 2. The molecule has 3 aromatic rings. The zero-order valence-corrected chi connectivity index (χ0v) is 17.0. The average molecular weight is 425 g/mol. The third kappa shape index (κ3) is 4.86. The van der Waals surface area contributed by atoms with Crippen LogP contribution in [0.25, 0.3) is 10.9 Å². The molecule has 1 amide bonds. The number of aromatic nitrogens is 1. The number of hydrogen-bond donors (Lipinski definition) is 1. The molecule has 0 saturated heterocycles. The molecule has 0 bridgehead atoms. The van der Waals surface area contributed by atoms with E-state index in [2.05, 4.69) is 10.3 Å². The Balaban J connectivity index is 1.70. The standard InChI is InChI=1S/C21H19N3O7/c1-12-16(8-13-4-5-14(29-2)9-18(13)22-12)21(26)31-11-20(25)23-17-7-6-15(30-3)10-19(17)24(27)28/h4-10H,11H2,1-3H3,(H,23,25). The Labute approximate surface area is 176 Å². The molecule has 0 aliphatic rings. The Hall–Kier alpha value is -4.21. The summed E-state index contributed by atoms with van der Waals surface area (Å²) in [6, 6.07) is 10.8. The van der Waals surface area contributed by atoms with Crippen LogP contribution < -0.4 is 14.8 Å². The molecule has 10 heteroatoms. The number of rotatable bonds is 7. The minimum atomic E-state index is -0.734. The van der Waals surface area contributed by atoms with Crippen molar-refractivity contribution in [2.45, 2.75) is 6.92 Å². The Morgan fingerprint density at radius 1 is 1.06 bits per heavy atom. The molecule has 0 unspecified atom stereocenters. The number of pyridine rings is 1. The SMILES string of the molecule is COc1ccc(NC(=O)COC(=O)c2cc3ccc(OC)cc3nc2C)c([N+](=O)[O-])c1. The fourth-order valence-corrected chi connectivity index (χ4v) is 2.87. The lowest BCUT2D eigenvalue weighted by atomic mass is 10.1. The maximum Gasteiger partial charge on any atom is 0.340 e. The highest BCUT2D eigenvalue weighted by Gasteiger charge is 2.19. The molecule has 1 heterocycles. The van der Waals surface area contributed by atoms with Crippen molar-refractivity contribution in [1.82, 2.24) is 4.98 Å². The molecular weight excluding hydrogens is 406 g/mol. The van der Waals surface area contributed by atoms with Crippen LogP contribution in [0.5, 0.6) is 11.5 Å². The second-order valence-corrected chi connectivity index (χ2v) is 6.44. The number of nitro groups is 1. The van der Waals surface area contributed by atoms with Gasteiger partial charge >= 0.3 is 5.97 Å². The van der Waals surface area contributed by atoms with Gasteiger partial charge in [-0.3, -0.25) is 19.9 Å². The first-order valence-electron chi connectivity index (χ1n) is 9.07. The Kier molecular flexibility index (Phi) is 6.29. The van der Waals surface area contributed by atoms with E-state index in [0.29, 0.717) is 22.3 Å². The quantitative estimate of drug-likeness (QED) is 0.347. The summed E-state index contributed by atoms with van der Waals surface area (Å²) in [4.78, 5) is 39.6. The van der Waals surface area contributed by atoms with Crippen molar-refractivity contribution in [3.8, 4) is 11.5 Å². The zero-order valence-electron chi connectivity index (χ0n) is 17.0. The second kappa shape index (κ2) is 9.08. The molecule has 2 aromatic carbocycles.